The van der Waals surface area contributed by atoms with Gasteiger partial charge in [0.2, 0.25) is 11.8 Å². The molecule has 2 aromatic rings. The van der Waals surface area contributed by atoms with E-state index in [-0.39, 0.29) is 18.2 Å². The molecule has 3 rings (SSSR count). The summed E-state index contributed by atoms with van der Waals surface area (Å²) in [5, 5.41) is 18.9. The van der Waals surface area contributed by atoms with Crippen molar-refractivity contribution in [3.05, 3.63) is 46.7 Å². The topological polar surface area (TPSA) is 95.5 Å². The van der Waals surface area contributed by atoms with E-state index in [9.17, 15) is 19.5 Å². The third-order valence-corrected chi connectivity index (χ3v) is 7.98. The van der Waals surface area contributed by atoms with Crippen LogP contribution in [0.5, 0.6) is 0 Å². The van der Waals surface area contributed by atoms with Gasteiger partial charge in [-0.1, -0.05) is 57.4 Å². The molecule has 0 aliphatic heterocycles. The first-order valence-electron chi connectivity index (χ1n) is 11.4. The lowest BCUT2D eigenvalue weighted by Gasteiger charge is -2.32. The van der Waals surface area contributed by atoms with Crippen LogP contribution in [-0.4, -0.2) is 39.7 Å². The van der Waals surface area contributed by atoms with Crippen LogP contribution in [0.1, 0.15) is 51.5 Å². The number of amides is 2. The van der Waals surface area contributed by atoms with Crippen molar-refractivity contribution in [1.82, 2.24) is 10.6 Å². The monoisotopic (exact) mass is 488 g/mol. The molecule has 0 radical (unpaired) electrons. The molecule has 0 bridgehead atoms. The van der Waals surface area contributed by atoms with Crippen LogP contribution in [0.2, 0.25) is 0 Å². The van der Waals surface area contributed by atoms with Gasteiger partial charge in [-0.15, -0.1) is 0 Å². The van der Waals surface area contributed by atoms with E-state index in [1.165, 1.54) is 0 Å². The van der Waals surface area contributed by atoms with Gasteiger partial charge in [0.1, 0.15) is 11.6 Å². The molecule has 2 amide bonds. The Morgan fingerprint density at radius 3 is 2.33 bits per heavy atom. The molecule has 1 aromatic carbocycles. The zero-order valence-electron chi connectivity index (χ0n) is 19.0. The Morgan fingerprint density at radius 1 is 1.12 bits per heavy atom. The first-order valence-corrected chi connectivity index (χ1v) is 12.9. The lowest BCUT2D eigenvalue weighted by molar-refractivity contribution is -0.143. The molecule has 3 atom stereocenters. The summed E-state index contributed by atoms with van der Waals surface area (Å²) in [5.41, 5.74) is 1.92. The molecule has 1 aromatic heterocycles. The molecule has 1 aliphatic rings. The predicted octanol–water partition coefficient (Wildman–Crippen LogP) is 4.30. The SMILES string of the molecule is CCC(C)C(S)C(=O)NC1(C(=O)NC(Cc2ccc(-c3ccsc3)cc2)C(=O)O)CCCC1. The lowest BCUT2D eigenvalue weighted by Crippen LogP contribution is -2.61. The maximum Gasteiger partial charge on any atom is 0.326 e. The van der Waals surface area contributed by atoms with E-state index >= 15 is 0 Å². The van der Waals surface area contributed by atoms with Crippen molar-refractivity contribution in [2.45, 2.75) is 69.2 Å². The average molecular weight is 489 g/mol. The van der Waals surface area contributed by atoms with E-state index in [4.69, 9.17) is 0 Å². The summed E-state index contributed by atoms with van der Waals surface area (Å²) >= 11 is 6.06. The fraction of sp³-hybridized carbons (Fsp3) is 0.480. The minimum absolute atomic E-state index is 0.0682. The normalized spacial score (nSPS) is 17.7. The van der Waals surface area contributed by atoms with Gasteiger partial charge in [0.15, 0.2) is 0 Å². The van der Waals surface area contributed by atoms with Crippen LogP contribution in [-0.2, 0) is 20.8 Å². The van der Waals surface area contributed by atoms with E-state index in [0.29, 0.717) is 12.8 Å². The number of benzene rings is 1. The Labute approximate surface area is 204 Å². The highest BCUT2D eigenvalue weighted by Crippen LogP contribution is 2.31. The quantitative estimate of drug-likeness (QED) is 0.375. The Balaban J connectivity index is 1.70. The Bertz CT molecular complexity index is 953. The molecule has 0 saturated heterocycles. The van der Waals surface area contributed by atoms with Gasteiger partial charge in [0.25, 0.3) is 0 Å². The largest absolute Gasteiger partial charge is 0.480 e. The second kappa shape index (κ2) is 11.2. The highest BCUT2D eigenvalue weighted by atomic mass is 32.1. The molecule has 1 fully saturated rings. The van der Waals surface area contributed by atoms with Crippen LogP contribution >= 0.6 is 24.0 Å². The first-order chi connectivity index (χ1) is 15.8. The van der Waals surface area contributed by atoms with Crippen LogP contribution in [0.15, 0.2) is 41.1 Å². The number of carboxylic acids is 1. The number of nitrogens with one attached hydrogen (secondary N) is 2. The Hall–Kier alpha value is -2.32. The third-order valence-electron chi connectivity index (χ3n) is 6.56. The minimum Gasteiger partial charge on any atom is -0.480 e. The van der Waals surface area contributed by atoms with Crippen molar-refractivity contribution < 1.29 is 19.5 Å². The maximum atomic E-state index is 13.3. The number of rotatable bonds is 10. The summed E-state index contributed by atoms with van der Waals surface area (Å²) in [5.74, 6) is -1.74. The van der Waals surface area contributed by atoms with Crippen LogP contribution < -0.4 is 10.6 Å². The summed E-state index contributed by atoms with van der Waals surface area (Å²) < 4.78 is 0. The molecule has 3 unspecified atom stereocenters. The standard InChI is InChI=1S/C25H32N2O4S2/c1-3-16(2)21(32)22(28)27-25(11-4-5-12-25)24(31)26-20(23(29)30)14-17-6-8-18(9-7-17)19-10-13-33-15-19/h6-10,13,15-16,20-21,32H,3-5,11-12,14H2,1-2H3,(H,26,31)(H,27,28)(H,29,30). The molecule has 178 valence electrons. The van der Waals surface area contributed by atoms with Gasteiger partial charge in [-0.05, 0) is 52.3 Å². The molecule has 1 heterocycles. The summed E-state index contributed by atoms with van der Waals surface area (Å²) in [6.45, 7) is 3.94. The van der Waals surface area contributed by atoms with Gasteiger partial charge in [0.05, 0.1) is 5.25 Å². The molecule has 1 aliphatic carbocycles. The van der Waals surface area contributed by atoms with Gasteiger partial charge < -0.3 is 15.7 Å². The Kier molecular flexibility index (Phi) is 8.59. The molecule has 1 saturated carbocycles. The van der Waals surface area contributed by atoms with Crippen LogP contribution in [0.4, 0.5) is 0 Å². The predicted molar refractivity (Wildman–Crippen MR) is 135 cm³/mol. The van der Waals surface area contributed by atoms with Crippen LogP contribution in [0.25, 0.3) is 11.1 Å². The molecule has 8 heteroatoms. The maximum absolute atomic E-state index is 13.3. The highest BCUT2D eigenvalue weighted by molar-refractivity contribution is 7.81. The third kappa shape index (κ3) is 6.18. The van der Waals surface area contributed by atoms with Crippen molar-refractivity contribution in [2.24, 2.45) is 5.92 Å². The fourth-order valence-corrected chi connectivity index (χ4v) is 5.11. The summed E-state index contributed by atoms with van der Waals surface area (Å²) in [6, 6.07) is 8.64. The summed E-state index contributed by atoms with van der Waals surface area (Å²) in [6.07, 6.45) is 3.55. The second-order valence-electron chi connectivity index (χ2n) is 8.89. The van der Waals surface area contributed by atoms with Gasteiger partial charge in [-0.3, -0.25) is 9.59 Å². The van der Waals surface area contributed by atoms with Crippen molar-refractivity contribution >= 4 is 41.7 Å². The number of hydrogen-bond donors (Lipinski definition) is 4. The van der Waals surface area contributed by atoms with E-state index in [1.54, 1.807) is 11.3 Å². The van der Waals surface area contributed by atoms with Gasteiger partial charge in [0, 0.05) is 6.42 Å². The number of aliphatic carboxylic acids is 1. The van der Waals surface area contributed by atoms with Gasteiger partial charge in [-0.2, -0.15) is 24.0 Å². The molecule has 33 heavy (non-hydrogen) atoms. The number of thiol groups is 1. The smallest absolute Gasteiger partial charge is 0.326 e. The molecule has 3 N–H and O–H groups in total. The summed E-state index contributed by atoms with van der Waals surface area (Å²) in [7, 11) is 0. The zero-order chi connectivity index (χ0) is 24.0. The second-order valence-corrected chi connectivity index (χ2v) is 10.2. The van der Waals surface area contributed by atoms with Gasteiger partial charge in [-0.25, -0.2) is 4.79 Å². The van der Waals surface area contributed by atoms with Gasteiger partial charge >= 0.3 is 5.97 Å². The number of carboxylic acid groups (broad SMARTS) is 1. The van der Waals surface area contributed by atoms with Crippen molar-refractivity contribution in [3.8, 4) is 11.1 Å². The minimum atomic E-state index is -1.10. The first kappa shape index (κ1) is 25.3. The van der Waals surface area contributed by atoms with E-state index in [1.807, 2.05) is 49.6 Å². The highest BCUT2D eigenvalue weighted by Gasteiger charge is 2.44. The zero-order valence-corrected chi connectivity index (χ0v) is 20.8. The molecule has 0 spiro atoms. The van der Waals surface area contributed by atoms with Crippen LogP contribution in [0, 0.1) is 5.92 Å². The van der Waals surface area contributed by atoms with Crippen molar-refractivity contribution in [3.63, 3.8) is 0 Å². The van der Waals surface area contributed by atoms with E-state index in [0.717, 1.165) is 36.0 Å². The van der Waals surface area contributed by atoms with Crippen molar-refractivity contribution in [1.29, 1.82) is 0 Å². The lowest BCUT2D eigenvalue weighted by atomic mass is 9.93. The molecular formula is C25H32N2O4S2. The Morgan fingerprint density at radius 2 is 1.79 bits per heavy atom. The number of carbonyl (C=O) groups is 3. The summed E-state index contributed by atoms with van der Waals surface area (Å²) in [4.78, 5) is 38.0. The fourth-order valence-electron chi connectivity index (χ4n) is 4.17. The molecule has 6 nitrogen and oxygen atoms in total. The van der Waals surface area contributed by atoms with Crippen LogP contribution in [0.3, 0.4) is 0 Å². The number of carbonyl (C=O) groups excluding carboxylic acids is 2. The van der Waals surface area contributed by atoms with E-state index in [2.05, 4.69) is 28.6 Å². The number of hydrogen-bond acceptors (Lipinski definition) is 5. The number of thiophene rings is 1. The average Bonchev–Trinajstić information content (AvgIpc) is 3.51. The van der Waals surface area contributed by atoms with E-state index < -0.39 is 28.7 Å². The van der Waals surface area contributed by atoms with Crippen molar-refractivity contribution in [2.75, 3.05) is 0 Å². The molecular weight excluding hydrogens is 456 g/mol.